The van der Waals surface area contributed by atoms with Gasteiger partial charge in [-0.25, -0.2) is 0 Å². The van der Waals surface area contributed by atoms with Crippen LogP contribution >= 0.6 is 12.6 Å². The Labute approximate surface area is 142 Å². The van der Waals surface area contributed by atoms with Crippen molar-refractivity contribution in [3.8, 4) is 0 Å². The van der Waals surface area contributed by atoms with Crippen LogP contribution in [-0.4, -0.2) is 40.2 Å². The summed E-state index contributed by atoms with van der Waals surface area (Å²) >= 11 is 4.39. The maximum Gasteiger partial charge on any atom is 0.262 e. The Kier molecular flexibility index (Phi) is 5.82. The molecule has 0 spiro atoms. The number of amides is 2. The first-order valence-electron chi connectivity index (χ1n) is 7.44. The van der Waals surface area contributed by atoms with Crippen LogP contribution in [0, 0.1) is 0 Å². The number of allylic oxidation sites excluding steroid dienone is 2. The van der Waals surface area contributed by atoms with E-state index in [1.54, 1.807) is 23.1 Å². The molecule has 2 rings (SSSR count). The molecule has 0 radical (unpaired) electrons. The number of thiol groups is 1. The van der Waals surface area contributed by atoms with Gasteiger partial charge in [-0.3, -0.25) is 9.59 Å². The Morgan fingerprint density at radius 1 is 1.17 bits per heavy atom. The van der Waals surface area contributed by atoms with Crippen molar-refractivity contribution in [1.29, 1.82) is 0 Å². The van der Waals surface area contributed by atoms with E-state index in [-0.39, 0.29) is 17.4 Å². The molecule has 0 aliphatic carbocycles. The predicted molar refractivity (Wildman–Crippen MR) is 95.6 cm³/mol. The van der Waals surface area contributed by atoms with Gasteiger partial charge in [0.1, 0.15) is 5.57 Å². The van der Waals surface area contributed by atoms with Gasteiger partial charge in [-0.1, -0.05) is 48.6 Å². The predicted octanol–water partition coefficient (Wildman–Crippen LogP) is 2.72. The first kappa shape index (κ1) is 17.1. The topological polar surface area (TPSA) is 40.6 Å². The van der Waals surface area contributed by atoms with Crippen LogP contribution in [0.3, 0.4) is 0 Å². The molecule has 4 nitrogen and oxygen atoms in total. The number of nitrogens with zero attached hydrogens (tertiary/aromatic N) is 2. The van der Waals surface area contributed by atoms with Crippen LogP contribution in [-0.2, 0) is 9.59 Å². The summed E-state index contributed by atoms with van der Waals surface area (Å²) < 4.78 is 0. The summed E-state index contributed by atoms with van der Waals surface area (Å²) in [6.45, 7) is 6.34. The van der Waals surface area contributed by atoms with Crippen molar-refractivity contribution in [3.63, 3.8) is 0 Å². The van der Waals surface area contributed by atoms with E-state index < -0.39 is 5.50 Å². The molecule has 1 aromatic rings. The number of hydrogen-bond acceptors (Lipinski definition) is 3. The molecule has 1 aliphatic rings. The first-order chi connectivity index (χ1) is 11.1. The molecular weight excluding hydrogens is 308 g/mol. The number of hydrogen-bond donors (Lipinski definition) is 1. The fourth-order valence-corrected chi connectivity index (χ4v) is 2.83. The van der Waals surface area contributed by atoms with Crippen LogP contribution < -0.4 is 0 Å². The molecule has 23 heavy (non-hydrogen) atoms. The van der Waals surface area contributed by atoms with Gasteiger partial charge in [0.05, 0.1) is 0 Å². The van der Waals surface area contributed by atoms with E-state index in [9.17, 15) is 9.59 Å². The highest BCUT2D eigenvalue weighted by molar-refractivity contribution is 7.80. The lowest BCUT2D eigenvalue weighted by Gasteiger charge is -2.40. The van der Waals surface area contributed by atoms with Gasteiger partial charge in [0.15, 0.2) is 5.50 Å². The van der Waals surface area contributed by atoms with E-state index in [1.807, 2.05) is 43.3 Å². The van der Waals surface area contributed by atoms with Crippen LogP contribution in [0.15, 0.2) is 60.7 Å². The maximum absolute atomic E-state index is 12.5. The molecule has 1 saturated heterocycles. The van der Waals surface area contributed by atoms with Gasteiger partial charge in [-0.2, -0.15) is 0 Å². The molecule has 0 saturated carbocycles. The summed E-state index contributed by atoms with van der Waals surface area (Å²) in [5, 5.41) is 0. The van der Waals surface area contributed by atoms with Crippen molar-refractivity contribution in [2.24, 2.45) is 0 Å². The largest absolute Gasteiger partial charge is 0.309 e. The van der Waals surface area contributed by atoms with Crippen LogP contribution in [0.25, 0.3) is 6.08 Å². The molecule has 120 valence electrons. The first-order valence-corrected chi connectivity index (χ1v) is 7.96. The Morgan fingerprint density at radius 3 is 2.43 bits per heavy atom. The Bertz CT molecular complexity index is 652. The van der Waals surface area contributed by atoms with Gasteiger partial charge < -0.3 is 9.80 Å². The number of rotatable bonds is 5. The normalized spacial score (nSPS) is 20.6. The van der Waals surface area contributed by atoms with Gasteiger partial charge in [0.2, 0.25) is 0 Å². The molecule has 0 N–H and O–H groups in total. The lowest BCUT2D eigenvalue weighted by atomic mass is 10.1. The standard InChI is InChI=1S/C18H20N2O2S/c1-3-13-20-17(22)15(16(21)19(4-2)18(20)23)12-8-11-14-9-6-5-7-10-14/h3,5-12,18,23H,1,4,13H2,2H3/b11-8+,15-12-. The molecule has 5 heteroatoms. The van der Waals surface area contributed by atoms with Crippen LogP contribution in [0.4, 0.5) is 0 Å². The smallest absolute Gasteiger partial charge is 0.262 e. The van der Waals surface area contributed by atoms with Crippen LogP contribution in [0.2, 0.25) is 0 Å². The number of likely N-dealkylation sites (N-methyl/N-ethyl adjacent to an activating group) is 1. The monoisotopic (exact) mass is 328 g/mol. The molecule has 2 amide bonds. The fraction of sp³-hybridized carbons (Fsp3) is 0.222. The summed E-state index contributed by atoms with van der Waals surface area (Å²) in [5.74, 6) is -0.618. The summed E-state index contributed by atoms with van der Waals surface area (Å²) in [5.41, 5.74) is 0.585. The van der Waals surface area contributed by atoms with Crippen molar-refractivity contribution in [3.05, 3.63) is 66.3 Å². The molecule has 1 aromatic carbocycles. The van der Waals surface area contributed by atoms with E-state index >= 15 is 0 Å². The van der Waals surface area contributed by atoms with E-state index in [0.29, 0.717) is 13.1 Å². The summed E-state index contributed by atoms with van der Waals surface area (Å²) in [6.07, 6.45) is 6.77. The highest BCUT2D eigenvalue weighted by Crippen LogP contribution is 2.23. The minimum absolute atomic E-state index is 0.145. The molecule has 1 aliphatic heterocycles. The highest BCUT2D eigenvalue weighted by atomic mass is 32.1. The summed E-state index contributed by atoms with van der Waals surface area (Å²) in [6, 6.07) is 9.69. The third-order valence-electron chi connectivity index (χ3n) is 3.56. The SMILES string of the molecule is C=CCN1C(=O)/C(=C\C=C\c2ccccc2)C(=O)N(CC)C1S. The summed E-state index contributed by atoms with van der Waals surface area (Å²) in [4.78, 5) is 28.1. The van der Waals surface area contributed by atoms with E-state index in [1.165, 1.54) is 4.90 Å². The molecule has 1 heterocycles. The lowest BCUT2D eigenvalue weighted by molar-refractivity contribution is -0.145. The van der Waals surface area contributed by atoms with Crippen LogP contribution in [0.5, 0.6) is 0 Å². The fourth-order valence-electron chi connectivity index (χ4n) is 2.36. The zero-order chi connectivity index (χ0) is 16.8. The lowest BCUT2D eigenvalue weighted by Crippen LogP contribution is -2.57. The Balaban J connectivity index is 2.29. The third-order valence-corrected chi connectivity index (χ3v) is 4.12. The van der Waals surface area contributed by atoms with Crippen molar-refractivity contribution < 1.29 is 9.59 Å². The third kappa shape index (κ3) is 3.74. The molecule has 0 aromatic heterocycles. The van der Waals surface area contributed by atoms with Crippen molar-refractivity contribution >= 4 is 30.5 Å². The minimum Gasteiger partial charge on any atom is -0.309 e. The minimum atomic E-state index is -0.562. The Hall–Kier alpha value is -2.27. The second-order valence-corrected chi connectivity index (χ2v) is 5.50. The number of carbonyl (C=O) groups is 2. The van der Waals surface area contributed by atoms with Crippen molar-refractivity contribution in [1.82, 2.24) is 9.80 Å². The summed E-state index contributed by atoms with van der Waals surface area (Å²) in [7, 11) is 0. The zero-order valence-electron chi connectivity index (χ0n) is 13.1. The number of carbonyl (C=O) groups excluding carboxylic acids is 2. The molecule has 1 fully saturated rings. The van der Waals surface area contributed by atoms with Gasteiger partial charge in [0.25, 0.3) is 11.8 Å². The quantitative estimate of drug-likeness (QED) is 0.391. The second kappa shape index (κ2) is 7.83. The van der Waals surface area contributed by atoms with E-state index in [4.69, 9.17) is 0 Å². The zero-order valence-corrected chi connectivity index (χ0v) is 13.9. The Morgan fingerprint density at radius 2 is 1.83 bits per heavy atom. The van der Waals surface area contributed by atoms with Gasteiger partial charge >= 0.3 is 0 Å². The molecule has 1 unspecified atom stereocenters. The average molecular weight is 328 g/mol. The van der Waals surface area contributed by atoms with E-state index in [2.05, 4.69) is 19.2 Å². The van der Waals surface area contributed by atoms with Crippen molar-refractivity contribution in [2.75, 3.05) is 13.1 Å². The molecule has 1 atom stereocenters. The van der Waals surface area contributed by atoms with Gasteiger partial charge in [-0.15, -0.1) is 19.2 Å². The van der Waals surface area contributed by atoms with Gasteiger partial charge in [0, 0.05) is 13.1 Å². The maximum atomic E-state index is 12.5. The van der Waals surface area contributed by atoms with Crippen molar-refractivity contribution in [2.45, 2.75) is 12.4 Å². The second-order valence-electron chi connectivity index (χ2n) is 5.03. The van der Waals surface area contributed by atoms with E-state index in [0.717, 1.165) is 5.56 Å². The highest BCUT2D eigenvalue weighted by Gasteiger charge is 2.39. The molecular formula is C18H20N2O2S. The van der Waals surface area contributed by atoms with Crippen LogP contribution in [0.1, 0.15) is 12.5 Å². The van der Waals surface area contributed by atoms with Gasteiger partial charge in [-0.05, 0) is 18.6 Å². The average Bonchev–Trinajstić information content (AvgIpc) is 2.56. The molecule has 0 bridgehead atoms. The number of benzene rings is 1.